The van der Waals surface area contributed by atoms with E-state index in [0.29, 0.717) is 31.8 Å². The second-order valence-corrected chi connectivity index (χ2v) is 12.4. The molecule has 2 aromatic heterocycles. The lowest BCUT2D eigenvalue weighted by Gasteiger charge is -2.27. The Bertz CT molecular complexity index is 1310. The summed E-state index contributed by atoms with van der Waals surface area (Å²) in [5.74, 6) is -0.486. The van der Waals surface area contributed by atoms with E-state index in [1.165, 1.54) is 0 Å². The van der Waals surface area contributed by atoms with Crippen LogP contribution in [0.3, 0.4) is 0 Å². The summed E-state index contributed by atoms with van der Waals surface area (Å²) >= 11 is 0. The molecule has 1 N–H and O–H groups in total. The Labute approximate surface area is 235 Å². The molecule has 0 radical (unpaired) electrons. The average molecular weight is 549 g/mol. The van der Waals surface area contributed by atoms with Crippen LogP contribution in [-0.4, -0.2) is 53.8 Å². The van der Waals surface area contributed by atoms with Gasteiger partial charge in [-0.15, -0.1) is 10.2 Å². The molecular weight excluding hydrogens is 508 g/mol. The summed E-state index contributed by atoms with van der Waals surface area (Å²) in [6, 6.07) is 10.2. The number of aromatic nitrogens is 5. The van der Waals surface area contributed by atoms with E-state index >= 15 is 0 Å². The van der Waals surface area contributed by atoms with Gasteiger partial charge in [0.05, 0.1) is 11.6 Å². The van der Waals surface area contributed by atoms with Crippen molar-refractivity contribution in [2.24, 2.45) is 5.92 Å². The molecule has 3 heterocycles. The van der Waals surface area contributed by atoms with Gasteiger partial charge in [0, 0.05) is 30.8 Å². The fraction of sp³-hybridized carbons (Fsp3) is 0.533. The van der Waals surface area contributed by atoms with E-state index in [2.05, 4.69) is 26.7 Å². The van der Waals surface area contributed by atoms with Gasteiger partial charge in [-0.05, 0) is 83.2 Å². The molecule has 3 aromatic rings. The Kier molecular flexibility index (Phi) is 8.56. The van der Waals surface area contributed by atoms with E-state index in [1.807, 2.05) is 78.9 Å². The third-order valence-corrected chi connectivity index (χ3v) is 6.64. The highest BCUT2D eigenvalue weighted by Crippen LogP contribution is 2.33. The van der Waals surface area contributed by atoms with Crippen LogP contribution in [0.4, 0.5) is 4.79 Å². The molecule has 0 saturated heterocycles. The fourth-order valence-electron chi connectivity index (χ4n) is 4.89. The minimum atomic E-state index is -0.589. The first-order valence-corrected chi connectivity index (χ1v) is 13.8. The van der Waals surface area contributed by atoms with Crippen LogP contribution in [0.15, 0.2) is 36.5 Å². The molecule has 0 fully saturated rings. The van der Waals surface area contributed by atoms with Gasteiger partial charge in [0.1, 0.15) is 11.2 Å². The quantitative estimate of drug-likeness (QED) is 0.361. The second-order valence-electron chi connectivity index (χ2n) is 12.4. The smallest absolute Gasteiger partial charge is 0.410 e. The number of benzene rings is 1. The molecule has 0 aliphatic carbocycles. The van der Waals surface area contributed by atoms with E-state index in [4.69, 9.17) is 14.5 Å². The molecule has 10 heteroatoms. The summed E-state index contributed by atoms with van der Waals surface area (Å²) in [5.41, 5.74) is 3.84. The molecule has 0 bridgehead atoms. The number of rotatable bonds is 8. The molecule has 4 rings (SSSR count). The monoisotopic (exact) mass is 548 g/mol. The maximum atomic E-state index is 13.2. The van der Waals surface area contributed by atoms with Gasteiger partial charge in [0.25, 0.3) is 0 Å². The number of H-pyrrole nitrogens is 1. The number of nitrogens with one attached hydrogen (secondary N) is 1. The molecule has 1 aliphatic rings. The third-order valence-electron chi connectivity index (χ3n) is 6.64. The zero-order valence-corrected chi connectivity index (χ0v) is 24.5. The summed E-state index contributed by atoms with van der Waals surface area (Å²) in [6.45, 7) is 14.3. The van der Waals surface area contributed by atoms with Gasteiger partial charge in [-0.1, -0.05) is 36.8 Å². The number of carbonyl (C=O) groups excluding carboxylic acids is 2. The number of pyridine rings is 1. The van der Waals surface area contributed by atoms with Gasteiger partial charge in [0.2, 0.25) is 0 Å². The minimum Gasteiger partial charge on any atom is -0.460 e. The first kappa shape index (κ1) is 29.2. The lowest BCUT2D eigenvalue weighted by Crippen LogP contribution is -2.33. The summed E-state index contributed by atoms with van der Waals surface area (Å²) in [7, 11) is 0. The molecule has 214 valence electrons. The zero-order chi connectivity index (χ0) is 29.1. The van der Waals surface area contributed by atoms with Crippen molar-refractivity contribution in [2.45, 2.75) is 97.9 Å². The number of fused-ring (bicyclic) bond motifs is 1. The van der Waals surface area contributed by atoms with E-state index in [-0.39, 0.29) is 18.0 Å². The number of aromatic amines is 1. The molecule has 1 aliphatic heterocycles. The third kappa shape index (κ3) is 7.43. The maximum Gasteiger partial charge on any atom is 0.410 e. The van der Waals surface area contributed by atoms with E-state index < -0.39 is 17.1 Å². The molecule has 0 saturated carbocycles. The summed E-state index contributed by atoms with van der Waals surface area (Å²) < 4.78 is 11.3. The van der Waals surface area contributed by atoms with Gasteiger partial charge >= 0.3 is 12.1 Å². The number of carbonyl (C=O) groups is 2. The van der Waals surface area contributed by atoms with Gasteiger partial charge in [-0.3, -0.25) is 14.7 Å². The highest BCUT2D eigenvalue weighted by Gasteiger charge is 2.35. The Morgan fingerprint density at radius 3 is 2.33 bits per heavy atom. The molecular formula is C30H40N6O4. The van der Waals surface area contributed by atoms with Gasteiger partial charge < -0.3 is 9.47 Å². The first-order chi connectivity index (χ1) is 18.8. The van der Waals surface area contributed by atoms with Crippen molar-refractivity contribution in [2.75, 3.05) is 0 Å². The number of tetrazole rings is 1. The lowest BCUT2D eigenvalue weighted by atomic mass is 9.83. The SMILES string of the molecule is CCC[C@H](C(=O)OC(C)(C)C)[C@H](Cc1ccc(-c2ccc3c(c2)CN(C(=O)OC(C)(C)C)C3)nc1)c1nn[nH]n1. The lowest BCUT2D eigenvalue weighted by molar-refractivity contribution is -0.161. The number of esters is 1. The van der Waals surface area contributed by atoms with Gasteiger partial charge in [-0.2, -0.15) is 5.21 Å². The zero-order valence-electron chi connectivity index (χ0n) is 24.5. The highest BCUT2D eigenvalue weighted by atomic mass is 16.6. The minimum absolute atomic E-state index is 0.257. The Balaban J connectivity index is 1.51. The molecule has 1 aromatic carbocycles. The molecule has 0 unspecified atom stereocenters. The molecule has 2 atom stereocenters. The predicted molar refractivity (Wildman–Crippen MR) is 150 cm³/mol. The van der Waals surface area contributed by atoms with E-state index in [1.54, 1.807) is 4.90 Å². The summed E-state index contributed by atoms with van der Waals surface area (Å²) in [4.78, 5) is 32.2. The van der Waals surface area contributed by atoms with Crippen LogP contribution in [0, 0.1) is 5.92 Å². The summed E-state index contributed by atoms with van der Waals surface area (Å²) in [5, 5.41) is 14.7. The molecule has 1 amide bonds. The average Bonchev–Trinajstić information content (AvgIpc) is 3.54. The normalized spacial score (nSPS) is 14.9. The maximum absolute atomic E-state index is 13.2. The molecule has 40 heavy (non-hydrogen) atoms. The largest absolute Gasteiger partial charge is 0.460 e. The highest BCUT2D eigenvalue weighted by molar-refractivity contribution is 5.74. The van der Waals surface area contributed by atoms with Crippen molar-refractivity contribution >= 4 is 12.1 Å². The van der Waals surface area contributed by atoms with Crippen molar-refractivity contribution in [3.05, 3.63) is 59.0 Å². The van der Waals surface area contributed by atoms with Gasteiger partial charge in [-0.25, -0.2) is 4.79 Å². The van der Waals surface area contributed by atoms with Crippen molar-refractivity contribution in [3.8, 4) is 11.3 Å². The van der Waals surface area contributed by atoms with Crippen LogP contribution in [0.5, 0.6) is 0 Å². The van der Waals surface area contributed by atoms with Crippen LogP contribution in [-0.2, 0) is 33.8 Å². The van der Waals surface area contributed by atoms with Crippen LogP contribution in [0.1, 0.15) is 89.7 Å². The number of amides is 1. The van der Waals surface area contributed by atoms with Crippen LogP contribution in [0.2, 0.25) is 0 Å². The topological polar surface area (TPSA) is 123 Å². The van der Waals surface area contributed by atoms with E-state index in [0.717, 1.165) is 34.4 Å². The van der Waals surface area contributed by atoms with Gasteiger partial charge in [0.15, 0.2) is 5.82 Å². The van der Waals surface area contributed by atoms with Crippen molar-refractivity contribution in [1.82, 2.24) is 30.5 Å². The summed E-state index contributed by atoms with van der Waals surface area (Å²) in [6.07, 6.45) is 3.51. The Hall–Kier alpha value is -3.82. The Morgan fingerprint density at radius 2 is 1.73 bits per heavy atom. The number of ether oxygens (including phenoxy) is 2. The van der Waals surface area contributed by atoms with Crippen LogP contribution >= 0.6 is 0 Å². The van der Waals surface area contributed by atoms with E-state index in [9.17, 15) is 9.59 Å². The fourth-order valence-corrected chi connectivity index (χ4v) is 4.89. The molecule has 0 spiro atoms. The predicted octanol–water partition coefficient (Wildman–Crippen LogP) is 5.60. The number of hydrogen-bond acceptors (Lipinski definition) is 8. The first-order valence-electron chi connectivity index (χ1n) is 13.8. The van der Waals surface area contributed by atoms with Crippen LogP contribution < -0.4 is 0 Å². The van der Waals surface area contributed by atoms with Crippen molar-refractivity contribution in [1.29, 1.82) is 0 Å². The molecule has 10 nitrogen and oxygen atoms in total. The number of hydrogen-bond donors (Lipinski definition) is 1. The second kappa shape index (κ2) is 11.7. The van der Waals surface area contributed by atoms with Crippen molar-refractivity contribution < 1.29 is 19.1 Å². The Morgan fingerprint density at radius 1 is 1.00 bits per heavy atom. The standard InChI is InChI=1S/C30H40N6O4/c1-8-9-23(27(37)39-29(2,3)4)24(26-32-34-35-33-26)14-19-10-13-25(31-16-19)20-11-12-21-17-36(18-22(21)15-20)28(38)40-30(5,6)7/h10-13,15-16,23-24H,8-9,14,17-18H2,1-7H3,(H,32,33,34,35)/t23-,24-/m0/s1. The van der Waals surface area contributed by atoms with Crippen LogP contribution in [0.25, 0.3) is 11.3 Å². The number of nitrogens with zero attached hydrogens (tertiary/aromatic N) is 5. The van der Waals surface area contributed by atoms with Crippen molar-refractivity contribution in [3.63, 3.8) is 0 Å².